The Morgan fingerprint density at radius 3 is 3.13 bits per heavy atom. The number of rotatable bonds is 3. The first kappa shape index (κ1) is 14.1. The number of hydrogen-bond donors (Lipinski definition) is 0. The Labute approximate surface area is 137 Å². The number of amides is 1. The molecule has 4 rings (SSSR count). The Bertz CT molecular complexity index is 852. The number of pyridine rings is 1. The molecule has 3 aromatic heterocycles. The van der Waals surface area contributed by atoms with Crippen molar-refractivity contribution < 1.29 is 4.79 Å². The molecule has 1 aliphatic heterocycles. The van der Waals surface area contributed by atoms with E-state index in [0.717, 1.165) is 36.4 Å². The van der Waals surface area contributed by atoms with Gasteiger partial charge in [0, 0.05) is 18.8 Å². The highest BCUT2D eigenvalue weighted by Crippen LogP contribution is 2.31. The van der Waals surface area contributed by atoms with Crippen molar-refractivity contribution in [2.45, 2.75) is 18.9 Å². The number of carbonyl (C=O) groups is 1. The van der Waals surface area contributed by atoms with Gasteiger partial charge in [-0.05, 0) is 53.4 Å². The van der Waals surface area contributed by atoms with Crippen molar-refractivity contribution in [2.75, 3.05) is 6.54 Å². The molecule has 1 saturated heterocycles. The van der Waals surface area contributed by atoms with Gasteiger partial charge in [0.25, 0.3) is 0 Å². The molecule has 1 aliphatic rings. The molecule has 0 spiro atoms. The van der Waals surface area contributed by atoms with E-state index >= 15 is 0 Å². The second-order valence-electron chi connectivity index (χ2n) is 5.57. The average molecular weight is 324 g/mol. The number of thiophene rings is 1. The van der Waals surface area contributed by atoms with Gasteiger partial charge in [-0.1, -0.05) is 6.07 Å². The molecule has 6 heteroatoms. The van der Waals surface area contributed by atoms with E-state index in [0.29, 0.717) is 0 Å². The van der Waals surface area contributed by atoms with Crippen LogP contribution in [0.1, 0.15) is 30.3 Å². The molecular weight excluding hydrogens is 308 g/mol. The van der Waals surface area contributed by atoms with Crippen molar-refractivity contribution >= 4 is 29.0 Å². The lowest BCUT2D eigenvalue weighted by Gasteiger charge is -2.22. The molecule has 1 atom stereocenters. The summed E-state index contributed by atoms with van der Waals surface area (Å²) in [5.74, 6) is 0.877. The predicted octanol–water partition coefficient (Wildman–Crippen LogP) is 3.17. The highest BCUT2D eigenvalue weighted by atomic mass is 32.1. The molecule has 0 aliphatic carbocycles. The van der Waals surface area contributed by atoms with Gasteiger partial charge in [-0.3, -0.25) is 9.20 Å². The Balaban J connectivity index is 1.60. The lowest BCUT2D eigenvalue weighted by molar-refractivity contribution is -0.127. The van der Waals surface area contributed by atoms with E-state index in [1.54, 1.807) is 17.4 Å². The number of fused-ring (bicyclic) bond motifs is 1. The third-order valence-electron chi connectivity index (χ3n) is 4.14. The third kappa shape index (κ3) is 2.66. The molecule has 5 nitrogen and oxygen atoms in total. The zero-order chi connectivity index (χ0) is 15.6. The number of hydrogen-bond acceptors (Lipinski definition) is 4. The van der Waals surface area contributed by atoms with Crippen LogP contribution in [0.3, 0.4) is 0 Å². The van der Waals surface area contributed by atoms with Crippen molar-refractivity contribution in [3.8, 4) is 0 Å². The maximum Gasteiger partial charge on any atom is 0.247 e. The minimum Gasteiger partial charge on any atom is -0.329 e. The zero-order valence-electron chi connectivity index (χ0n) is 12.5. The van der Waals surface area contributed by atoms with E-state index in [9.17, 15) is 4.79 Å². The summed E-state index contributed by atoms with van der Waals surface area (Å²) in [6.45, 7) is 0.763. The van der Waals surface area contributed by atoms with Gasteiger partial charge in [0.2, 0.25) is 5.91 Å². The minimum atomic E-state index is -0.00738. The summed E-state index contributed by atoms with van der Waals surface area (Å²) in [4.78, 5) is 14.5. The van der Waals surface area contributed by atoms with Crippen LogP contribution < -0.4 is 0 Å². The molecular formula is C17H16N4OS. The van der Waals surface area contributed by atoms with Crippen LogP contribution in [0.4, 0.5) is 0 Å². The lowest BCUT2D eigenvalue weighted by atomic mass is 10.2. The van der Waals surface area contributed by atoms with E-state index in [1.165, 1.54) is 0 Å². The van der Waals surface area contributed by atoms with Gasteiger partial charge in [0.05, 0.1) is 6.04 Å². The average Bonchev–Trinajstić information content (AvgIpc) is 3.31. The molecule has 0 unspecified atom stereocenters. The largest absolute Gasteiger partial charge is 0.329 e. The van der Waals surface area contributed by atoms with Gasteiger partial charge in [-0.2, -0.15) is 11.3 Å². The molecule has 0 aromatic carbocycles. The minimum absolute atomic E-state index is 0.00738. The number of aromatic nitrogens is 3. The van der Waals surface area contributed by atoms with Gasteiger partial charge in [0.15, 0.2) is 11.5 Å². The maximum atomic E-state index is 12.6. The lowest BCUT2D eigenvalue weighted by Crippen LogP contribution is -2.30. The van der Waals surface area contributed by atoms with E-state index in [4.69, 9.17) is 0 Å². The first-order chi connectivity index (χ1) is 11.3. The van der Waals surface area contributed by atoms with Gasteiger partial charge >= 0.3 is 0 Å². The van der Waals surface area contributed by atoms with Crippen molar-refractivity contribution in [1.82, 2.24) is 19.5 Å². The van der Waals surface area contributed by atoms with E-state index in [-0.39, 0.29) is 11.9 Å². The molecule has 4 heterocycles. The SMILES string of the molecule is O=C(/C=C\c1ccsc1)N1CCC[C@@H]1c1nnc2ccccn12. The molecule has 1 fully saturated rings. The summed E-state index contributed by atoms with van der Waals surface area (Å²) in [6, 6.07) is 7.81. The fourth-order valence-corrected chi connectivity index (χ4v) is 3.65. The van der Waals surface area contributed by atoms with Crippen molar-refractivity contribution in [3.63, 3.8) is 0 Å². The Kier molecular flexibility index (Phi) is 3.67. The van der Waals surface area contributed by atoms with E-state index < -0.39 is 0 Å². The number of likely N-dealkylation sites (tertiary alicyclic amines) is 1. The topological polar surface area (TPSA) is 50.5 Å². The summed E-state index contributed by atoms with van der Waals surface area (Å²) in [6.07, 6.45) is 7.39. The van der Waals surface area contributed by atoms with Crippen molar-refractivity contribution in [1.29, 1.82) is 0 Å². The maximum absolute atomic E-state index is 12.6. The molecule has 0 bridgehead atoms. The van der Waals surface area contributed by atoms with E-state index in [1.807, 2.05) is 56.6 Å². The van der Waals surface area contributed by atoms with Crippen LogP contribution in [0.5, 0.6) is 0 Å². The molecule has 0 N–H and O–H groups in total. The second-order valence-corrected chi connectivity index (χ2v) is 6.35. The molecule has 23 heavy (non-hydrogen) atoms. The Morgan fingerprint density at radius 1 is 1.30 bits per heavy atom. The summed E-state index contributed by atoms with van der Waals surface area (Å²) in [5, 5.41) is 12.5. The summed E-state index contributed by atoms with van der Waals surface area (Å²) in [5.41, 5.74) is 1.88. The molecule has 0 radical (unpaired) electrons. The quantitative estimate of drug-likeness (QED) is 0.695. The molecule has 0 saturated carbocycles. The Hall–Kier alpha value is -2.47. The van der Waals surface area contributed by atoms with Gasteiger partial charge < -0.3 is 4.90 Å². The number of nitrogens with zero attached hydrogens (tertiary/aromatic N) is 4. The summed E-state index contributed by atoms with van der Waals surface area (Å²) in [7, 11) is 0. The highest BCUT2D eigenvalue weighted by molar-refractivity contribution is 7.08. The van der Waals surface area contributed by atoms with Crippen molar-refractivity contribution in [2.24, 2.45) is 0 Å². The highest BCUT2D eigenvalue weighted by Gasteiger charge is 2.32. The van der Waals surface area contributed by atoms with Crippen LogP contribution in [0, 0.1) is 0 Å². The van der Waals surface area contributed by atoms with Gasteiger partial charge in [-0.25, -0.2) is 0 Å². The summed E-state index contributed by atoms with van der Waals surface area (Å²) < 4.78 is 1.97. The van der Waals surface area contributed by atoms with Gasteiger partial charge in [-0.15, -0.1) is 10.2 Å². The normalized spacial score (nSPS) is 18.3. The van der Waals surface area contributed by atoms with Crippen LogP contribution in [0.15, 0.2) is 47.3 Å². The van der Waals surface area contributed by atoms with Crippen LogP contribution in [0.25, 0.3) is 11.7 Å². The van der Waals surface area contributed by atoms with Crippen molar-refractivity contribution in [3.05, 3.63) is 58.7 Å². The second kappa shape index (κ2) is 5.96. The molecule has 3 aromatic rings. The first-order valence-corrected chi connectivity index (χ1v) is 8.58. The van der Waals surface area contributed by atoms with E-state index in [2.05, 4.69) is 10.2 Å². The first-order valence-electron chi connectivity index (χ1n) is 7.63. The fourth-order valence-electron chi connectivity index (χ4n) is 3.02. The van der Waals surface area contributed by atoms with Crippen LogP contribution in [-0.4, -0.2) is 31.9 Å². The Morgan fingerprint density at radius 2 is 2.26 bits per heavy atom. The standard InChI is InChI=1S/C17H16N4OS/c22-16(7-6-13-8-11-23-12-13)20-10-3-4-14(20)17-19-18-15-5-1-2-9-21(15)17/h1-2,5-9,11-12,14H,3-4,10H2/b7-6-/t14-/m1/s1. The van der Waals surface area contributed by atoms with Crippen LogP contribution in [-0.2, 0) is 4.79 Å². The van der Waals surface area contributed by atoms with Crippen LogP contribution in [0.2, 0.25) is 0 Å². The third-order valence-corrected chi connectivity index (χ3v) is 4.84. The fraction of sp³-hybridized carbons (Fsp3) is 0.235. The zero-order valence-corrected chi connectivity index (χ0v) is 13.3. The predicted molar refractivity (Wildman–Crippen MR) is 90.0 cm³/mol. The number of carbonyl (C=O) groups excluding carboxylic acids is 1. The van der Waals surface area contributed by atoms with Gasteiger partial charge in [0.1, 0.15) is 0 Å². The summed E-state index contributed by atoms with van der Waals surface area (Å²) >= 11 is 1.63. The monoisotopic (exact) mass is 324 g/mol. The molecule has 116 valence electrons. The molecule has 1 amide bonds. The van der Waals surface area contributed by atoms with Crippen LogP contribution >= 0.6 is 11.3 Å². The smallest absolute Gasteiger partial charge is 0.247 e.